The lowest BCUT2D eigenvalue weighted by Crippen LogP contribution is -2.45. The average molecular weight is 527 g/mol. The summed E-state index contributed by atoms with van der Waals surface area (Å²) in [5.74, 6) is -0.144. The highest BCUT2D eigenvalue weighted by Gasteiger charge is 2.56. The average Bonchev–Trinajstić information content (AvgIpc) is 2.90. The summed E-state index contributed by atoms with van der Waals surface area (Å²) in [5.41, 5.74) is 2.42. The number of nitrogen functional groups attached to an aromatic ring is 1. The van der Waals surface area contributed by atoms with Crippen LogP contribution >= 0.6 is 23.5 Å². The zero-order valence-corrected chi connectivity index (χ0v) is 19.1. The number of ether oxygens (including phenoxy) is 1. The second-order valence-electron chi connectivity index (χ2n) is 6.38. The summed E-state index contributed by atoms with van der Waals surface area (Å²) < 4.78 is 72.7. The number of aromatic nitrogens is 2. The fourth-order valence-corrected chi connectivity index (χ4v) is 6.15. The van der Waals surface area contributed by atoms with Crippen LogP contribution in [0.3, 0.4) is 0 Å². The second kappa shape index (κ2) is 9.66. The second-order valence-corrected chi connectivity index (χ2v) is 11.1. The predicted molar refractivity (Wildman–Crippen MR) is 102 cm³/mol. The Morgan fingerprint density at radius 1 is 1.31 bits per heavy atom. The number of phosphoric ester groups is 1. The van der Waals surface area contributed by atoms with Gasteiger partial charge >= 0.3 is 29.2 Å². The maximum absolute atomic E-state index is 14.8. The van der Waals surface area contributed by atoms with E-state index in [1.54, 1.807) is 0 Å². The molecule has 0 radical (unpaired) electrons. The third-order valence-electron chi connectivity index (χ3n) is 4.30. The molecule has 1 aliphatic rings. The summed E-state index contributed by atoms with van der Waals surface area (Å²) in [6.07, 6.45) is -4.97. The molecule has 1 aliphatic heterocycles. The molecule has 1 aromatic heterocycles. The van der Waals surface area contributed by atoms with Crippen molar-refractivity contribution < 1.29 is 60.3 Å². The number of aliphatic hydroxyl groups is 1. The lowest BCUT2D eigenvalue weighted by molar-refractivity contribution is -0.128. The van der Waals surface area contributed by atoms with Crippen LogP contribution in [0.5, 0.6) is 0 Å². The van der Waals surface area contributed by atoms with Gasteiger partial charge in [0.1, 0.15) is 17.5 Å². The molecule has 0 aliphatic carbocycles. The standard InChI is InChI=1S/C12H21FN3O13P3/c1-3-12(6-26-32(24,25-2)29-31(22,23)28-30(19,20)21)9(17)8(13)10(27-12)16-5-4-7(14)15-11(16)18/h4-5,8-10,17H,3,6H2,1-2H3,(H,22,23)(H2,14,15,18)(H2,19,20,21). The normalized spacial score (nSPS) is 30.0. The monoisotopic (exact) mass is 527 g/mol. The fraction of sp³-hybridized carbons (Fsp3) is 0.667. The fourth-order valence-electron chi connectivity index (χ4n) is 2.74. The van der Waals surface area contributed by atoms with Gasteiger partial charge in [-0.1, -0.05) is 6.92 Å². The van der Waals surface area contributed by atoms with Gasteiger partial charge in [-0.2, -0.15) is 13.6 Å². The maximum atomic E-state index is 14.8. The molecule has 2 rings (SSSR count). The Morgan fingerprint density at radius 2 is 1.94 bits per heavy atom. The molecule has 184 valence electrons. The molecule has 1 aromatic rings. The molecule has 0 spiro atoms. The Labute approximate surface area is 179 Å². The van der Waals surface area contributed by atoms with Gasteiger partial charge in [0, 0.05) is 13.3 Å². The highest BCUT2D eigenvalue weighted by atomic mass is 31.3. The van der Waals surface area contributed by atoms with E-state index in [0.29, 0.717) is 11.7 Å². The van der Waals surface area contributed by atoms with Gasteiger partial charge in [-0.25, -0.2) is 22.9 Å². The first-order valence-electron chi connectivity index (χ1n) is 8.53. The smallest absolute Gasteiger partial charge is 0.387 e. The Balaban J connectivity index is 2.25. The molecule has 0 saturated carbocycles. The maximum Gasteiger partial charge on any atom is 0.490 e. The molecule has 0 bridgehead atoms. The molecule has 0 amide bonds. The van der Waals surface area contributed by atoms with Crippen molar-refractivity contribution in [3.63, 3.8) is 0 Å². The minimum absolute atomic E-state index is 0.144. The van der Waals surface area contributed by atoms with Crippen LogP contribution in [-0.2, 0) is 36.1 Å². The van der Waals surface area contributed by atoms with Crippen molar-refractivity contribution in [2.24, 2.45) is 0 Å². The summed E-state index contributed by atoms with van der Waals surface area (Å²) in [5, 5.41) is 10.4. The van der Waals surface area contributed by atoms with E-state index >= 15 is 0 Å². The Morgan fingerprint density at radius 3 is 2.44 bits per heavy atom. The van der Waals surface area contributed by atoms with Gasteiger partial charge in [0.05, 0.1) is 6.61 Å². The van der Waals surface area contributed by atoms with E-state index in [1.165, 1.54) is 13.0 Å². The van der Waals surface area contributed by atoms with E-state index in [9.17, 15) is 32.9 Å². The van der Waals surface area contributed by atoms with Gasteiger partial charge in [0.25, 0.3) is 0 Å². The molecular weight excluding hydrogens is 506 g/mol. The molecule has 1 saturated heterocycles. The van der Waals surface area contributed by atoms with Crippen LogP contribution in [0.25, 0.3) is 0 Å². The number of alkyl halides is 1. The Bertz CT molecular complexity index is 1030. The number of halogens is 1. The number of hydrogen-bond acceptors (Lipinski definition) is 12. The van der Waals surface area contributed by atoms with Crippen LogP contribution in [0.2, 0.25) is 0 Å². The van der Waals surface area contributed by atoms with Gasteiger partial charge in [-0.3, -0.25) is 13.6 Å². The topological polar surface area (TPSA) is 239 Å². The minimum Gasteiger partial charge on any atom is -0.387 e. The number of rotatable bonds is 10. The van der Waals surface area contributed by atoms with Gasteiger partial charge in [-0.15, -0.1) is 0 Å². The number of hydrogen-bond donors (Lipinski definition) is 5. The number of anilines is 1. The van der Waals surface area contributed by atoms with Crippen molar-refractivity contribution in [1.29, 1.82) is 0 Å². The van der Waals surface area contributed by atoms with E-state index in [2.05, 4.69) is 18.1 Å². The predicted octanol–water partition coefficient (Wildman–Crippen LogP) is 0.199. The number of nitrogens with zero attached hydrogens (tertiary/aromatic N) is 2. The first-order chi connectivity index (χ1) is 14.6. The van der Waals surface area contributed by atoms with E-state index in [-0.39, 0.29) is 12.2 Å². The zero-order chi connectivity index (χ0) is 24.5. The third-order valence-corrected chi connectivity index (χ3v) is 8.49. The molecule has 16 nitrogen and oxygen atoms in total. The van der Waals surface area contributed by atoms with Crippen molar-refractivity contribution in [2.75, 3.05) is 19.5 Å². The highest BCUT2D eigenvalue weighted by Crippen LogP contribution is 2.68. The molecule has 6 atom stereocenters. The minimum atomic E-state index is -5.66. The molecule has 6 unspecified atom stereocenters. The Kier molecular flexibility index (Phi) is 8.21. The van der Waals surface area contributed by atoms with Crippen LogP contribution in [0.1, 0.15) is 19.6 Å². The number of phosphoric acid groups is 3. The number of aliphatic hydroxyl groups excluding tert-OH is 1. The van der Waals surface area contributed by atoms with E-state index < -0.39 is 59.9 Å². The van der Waals surface area contributed by atoms with E-state index in [4.69, 9.17) is 24.8 Å². The van der Waals surface area contributed by atoms with Gasteiger partial charge < -0.3 is 30.3 Å². The van der Waals surface area contributed by atoms with Gasteiger partial charge in [0.15, 0.2) is 12.4 Å². The van der Waals surface area contributed by atoms with Crippen LogP contribution in [0.4, 0.5) is 10.2 Å². The molecule has 0 aromatic carbocycles. The molecule has 2 heterocycles. The third kappa shape index (κ3) is 6.29. The molecule has 1 fully saturated rings. The number of nitrogens with two attached hydrogens (primary N) is 1. The first kappa shape index (κ1) is 27.2. The highest BCUT2D eigenvalue weighted by molar-refractivity contribution is 7.66. The summed E-state index contributed by atoms with van der Waals surface area (Å²) in [6, 6.07) is 1.18. The Hall–Kier alpha value is -1.06. The molecular formula is C12H21FN3O13P3. The lowest BCUT2D eigenvalue weighted by atomic mass is 9.94. The quantitative estimate of drug-likeness (QED) is 0.255. The van der Waals surface area contributed by atoms with Crippen molar-refractivity contribution in [2.45, 2.75) is 37.4 Å². The zero-order valence-electron chi connectivity index (χ0n) is 16.5. The largest absolute Gasteiger partial charge is 0.490 e. The van der Waals surface area contributed by atoms with E-state index in [1.807, 2.05) is 0 Å². The van der Waals surface area contributed by atoms with Crippen molar-refractivity contribution in [3.05, 3.63) is 22.7 Å². The van der Waals surface area contributed by atoms with E-state index in [0.717, 1.165) is 6.20 Å². The molecule has 32 heavy (non-hydrogen) atoms. The molecule has 6 N–H and O–H groups in total. The summed E-state index contributed by atoms with van der Waals surface area (Å²) in [7, 11) is -15.6. The lowest BCUT2D eigenvalue weighted by Gasteiger charge is -2.31. The van der Waals surface area contributed by atoms with Crippen LogP contribution in [0.15, 0.2) is 17.1 Å². The van der Waals surface area contributed by atoms with Gasteiger partial charge in [-0.05, 0) is 12.5 Å². The van der Waals surface area contributed by atoms with Crippen LogP contribution in [0, 0.1) is 0 Å². The molecule has 20 heteroatoms. The summed E-state index contributed by atoms with van der Waals surface area (Å²) in [6.45, 7) is 0.442. The van der Waals surface area contributed by atoms with Gasteiger partial charge in [0.2, 0.25) is 0 Å². The van der Waals surface area contributed by atoms with Crippen molar-refractivity contribution in [1.82, 2.24) is 9.55 Å². The first-order valence-corrected chi connectivity index (χ1v) is 13.0. The van der Waals surface area contributed by atoms with Crippen LogP contribution < -0.4 is 11.4 Å². The van der Waals surface area contributed by atoms with Crippen molar-refractivity contribution in [3.8, 4) is 0 Å². The van der Waals surface area contributed by atoms with Crippen LogP contribution in [-0.4, -0.2) is 60.9 Å². The SMILES string of the molecule is CCC1(COP(=O)(OC)OP(=O)(O)OP(=O)(O)O)OC(n2ccc(N)nc2=O)C(F)C1O. The summed E-state index contributed by atoms with van der Waals surface area (Å²) >= 11 is 0. The van der Waals surface area contributed by atoms with Crippen molar-refractivity contribution >= 4 is 29.3 Å². The summed E-state index contributed by atoms with van der Waals surface area (Å²) in [4.78, 5) is 42.0.